The van der Waals surface area contributed by atoms with Crippen LogP contribution in [0.5, 0.6) is 0 Å². The van der Waals surface area contributed by atoms with E-state index in [-0.39, 0.29) is 5.50 Å². The van der Waals surface area contributed by atoms with Gasteiger partial charge in [0.05, 0.1) is 5.50 Å². The summed E-state index contributed by atoms with van der Waals surface area (Å²) in [4.78, 5) is 4.88. The second-order valence-corrected chi connectivity index (χ2v) is 5.14. The van der Waals surface area contributed by atoms with Crippen molar-refractivity contribution in [3.05, 3.63) is 35.9 Å². The molecular weight excluding hydrogens is 232 g/mol. The van der Waals surface area contributed by atoms with Gasteiger partial charge in [-0.2, -0.15) is 0 Å². The summed E-state index contributed by atoms with van der Waals surface area (Å²) >= 11 is 6.26. The van der Waals surface area contributed by atoms with E-state index in [1.54, 1.807) is 0 Å². The Balaban J connectivity index is 1.80. The first-order valence-electron chi connectivity index (χ1n) is 6.44. The molecule has 0 aliphatic carbocycles. The highest BCUT2D eigenvalue weighted by molar-refractivity contribution is 6.20. The molecule has 1 aliphatic heterocycles. The molecule has 94 valence electrons. The zero-order valence-electron chi connectivity index (χ0n) is 10.5. The van der Waals surface area contributed by atoms with E-state index < -0.39 is 0 Å². The third kappa shape index (κ3) is 3.70. The standard InChI is InChI=1S/C14H21ClN2/c1-2-14(15)17-10-8-16(9-11-17)12-13-6-4-3-5-7-13/h3-7,14H,2,8-12H2,1H3. The molecule has 1 atom stereocenters. The van der Waals surface area contributed by atoms with Crippen molar-refractivity contribution in [1.82, 2.24) is 9.80 Å². The van der Waals surface area contributed by atoms with Gasteiger partial charge >= 0.3 is 0 Å². The first-order chi connectivity index (χ1) is 8.29. The lowest BCUT2D eigenvalue weighted by molar-refractivity contribution is 0.115. The maximum Gasteiger partial charge on any atom is 0.0848 e. The lowest BCUT2D eigenvalue weighted by Crippen LogP contribution is -2.48. The van der Waals surface area contributed by atoms with Gasteiger partial charge in [-0.05, 0) is 12.0 Å². The molecule has 1 aliphatic rings. The Morgan fingerprint density at radius 2 is 1.76 bits per heavy atom. The summed E-state index contributed by atoms with van der Waals surface area (Å²) < 4.78 is 0. The second-order valence-electron chi connectivity index (χ2n) is 4.64. The Morgan fingerprint density at radius 3 is 2.35 bits per heavy atom. The van der Waals surface area contributed by atoms with Gasteiger partial charge in [-0.25, -0.2) is 0 Å². The summed E-state index contributed by atoms with van der Waals surface area (Å²) in [7, 11) is 0. The largest absolute Gasteiger partial charge is 0.297 e. The Morgan fingerprint density at radius 1 is 1.12 bits per heavy atom. The fourth-order valence-electron chi connectivity index (χ4n) is 2.30. The normalized spacial score (nSPS) is 20.4. The van der Waals surface area contributed by atoms with Gasteiger partial charge in [0.25, 0.3) is 0 Å². The third-order valence-electron chi connectivity index (χ3n) is 3.39. The van der Waals surface area contributed by atoms with Crippen LogP contribution in [0.1, 0.15) is 18.9 Å². The minimum absolute atomic E-state index is 0.217. The monoisotopic (exact) mass is 252 g/mol. The Labute approximate surface area is 109 Å². The minimum Gasteiger partial charge on any atom is -0.297 e. The van der Waals surface area contributed by atoms with Crippen LogP contribution < -0.4 is 0 Å². The predicted molar refractivity (Wildman–Crippen MR) is 73.2 cm³/mol. The number of benzene rings is 1. The van der Waals surface area contributed by atoms with Crippen molar-refractivity contribution < 1.29 is 0 Å². The molecule has 1 heterocycles. The van der Waals surface area contributed by atoms with Crippen LogP contribution in [0.15, 0.2) is 30.3 Å². The van der Waals surface area contributed by atoms with Crippen LogP contribution in [0.25, 0.3) is 0 Å². The highest BCUT2D eigenvalue weighted by atomic mass is 35.5. The smallest absolute Gasteiger partial charge is 0.0848 e. The van der Waals surface area contributed by atoms with Crippen LogP contribution in [0, 0.1) is 0 Å². The zero-order valence-corrected chi connectivity index (χ0v) is 11.2. The third-order valence-corrected chi connectivity index (χ3v) is 3.97. The number of rotatable bonds is 4. The van der Waals surface area contributed by atoms with Gasteiger partial charge in [-0.15, -0.1) is 11.6 Å². The quantitative estimate of drug-likeness (QED) is 0.601. The molecule has 0 N–H and O–H groups in total. The molecule has 0 radical (unpaired) electrons. The molecule has 0 amide bonds. The Hall–Kier alpha value is -0.570. The van der Waals surface area contributed by atoms with Gasteiger partial charge in [-0.1, -0.05) is 37.3 Å². The summed E-state index contributed by atoms with van der Waals surface area (Å²) in [5, 5.41) is 0. The number of hydrogen-bond acceptors (Lipinski definition) is 2. The van der Waals surface area contributed by atoms with Crippen molar-refractivity contribution >= 4 is 11.6 Å². The molecule has 1 unspecified atom stereocenters. The number of alkyl halides is 1. The van der Waals surface area contributed by atoms with Gasteiger partial charge in [0.2, 0.25) is 0 Å². The highest BCUT2D eigenvalue weighted by Gasteiger charge is 2.20. The van der Waals surface area contributed by atoms with E-state index in [0.717, 1.165) is 39.1 Å². The number of piperazine rings is 1. The van der Waals surface area contributed by atoms with Crippen molar-refractivity contribution in [2.24, 2.45) is 0 Å². The van der Waals surface area contributed by atoms with E-state index in [0.29, 0.717) is 0 Å². The van der Waals surface area contributed by atoms with Gasteiger partial charge < -0.3 is 0 Å². The number of halogens is 1. The van der Waals surface area contributed by atoms with Crippen LogP contribution in [-0.2, 0) is 6.54 Å². The average molecular weight is 253 g/mol. The van der Waals surface area contributed by atoms with E-state index >= 15 is 0 Å². The van der Waals surface area contributed by atoms with Crippen molar-refractivity contribution in [2.75, 3.05) is 26.2 Å². The molecule has 3 heteroatoms. The molecule has 0 saturated carbocycles. The Bertz CT molecular complexity index is 320. The summed E-state index contributed by atoms with van der Waals surface area (Å²) in [5.41, 5.74) is 1.62. The Kier molecular flexibility index (Phi) is 4.84. The molecular formula is C14H21ClN2. The van der Waals surface area contributed by atoms with Gasteiger partial charge in [-0.3, -0.25) is 9.80 Å². The van der Waals surface area contributed by atoms with Crippen LogP contribution in [0.4, 0.5) is 0 Å². The van der Waals surface area contributed by atoms with Gasteiger partial charge in [0.15, 0.2) is 0 Å². The first-order valence-corrected chi connectivity index (χ1v) is 6.87. The molecule has 1 aromatic carbocycles. The van der Waals surface area contributed by atoms with E-state index in [2.05, 4.69) is 47.1 Å². The molecule has 0 bridgehead atoms. The van der Waals surface area contributed by atoms with Crippen molar-refractivity contribution in [3.63, 3.8) is 0 Å². The van der Waals surface area contributed by atoms with E-state index in [1.165, 1.54) is 5.56 Å². The molecule has 1 fully saturated rings. The summed E-state index contributed by atoms with van der Waals surface area (Å²) in [5.74, 6) is 0. The summed E-state index contributed by atoms with van der Waals surface area (Å²) in [6.07, 6.45) is 1.03. The van der Waals surface area contributed by atoms with Crippen LogP contribution in [0.2, 0.25) is 0 Å². The highest BCUT2D eigenvalue weighted by Crippen LogP contribution is 2.14. The predicted octanol–water partition coefficient (Wildman–Crippen LogP) is 2.78. The first kappa shape index (κ1) is 12.9. The van der Waals surface area contributed by atoms with Crippen LogP contribution >= 0.6 is 11.6 Å². The van der Waals surface area contributed by atoms with Crippen molar-refractivity contribution in [3.8, 4) is 0 Å². The SMILES string of the molecule is CCC(Cl)N1CCN(Cc2ccccc2)CC1. The second kappa shape index (κ2) is 6.39. The molecule has 1 saturated heterocycles. The minimum atomic E-state index is 0.217. The van der Waals surface area contributed by atoms with Crippen molar-refractivity contribution in [1.29, 1.82) is 0 Å². The lowest BCUT2D eigenvalue weighted by atomic mass is 10.2. The summed E-state index contributed by atoms with van der Waals surface area (Å²) in [6.45, 7) is 7.64. The molecule has 2 nitrogen and oxygen atoms in total. The number of nitrogens with zero attached hydrogens (tertiary/aromatic N) is 2. The van der Waals surface area contributed by atoms with Crippen LogP contribution in [-0.4, -0.2) is 41.5 Å². The maximum absolute atomic E-state index is 6.26. The molecule has 1 aromatic rings. The average Bonchev–Trinajstić information content (AvgIpc) is 2.40. The summed E-state index contributed by atoms with van der Waals surface area (Å²) in [6, 6.07) is 10.7. The molecule has 2 rings (SSSR count). The molecule has 0 spiro atoms. The molecule has 17 heavy (non-hydrogen) atoms. The van der Waals surface area contributed by atoms with E-state index in [9.17, 15) is 0 Å². The van der Waals surface area contributed by atoms with Gasteiger partial charge in [0, 0.05) is 32.7 Å². The molecule has 0 aromatic heterocycles. The maximum atomic E-state index is 6.26. The lowest BCUT2D eigenvalue weighted by Gasteiger charge is -2.36. The zero-order chi connectivity index (χ0) is 12.1. The van der Waals surface area contributed by atoms with E-state index in [1.807, 2.05) is 0 Å². The fourth-order valence-corrected chi connectivity index (χ4v) is 2.50. The van der Waals surface area contributed by atoms with Crippen molar-refractivity contribution in [2.45, 2.75) is 25.4 Å². The fraction of sp³-hybridized carbons (Fsp3) is 0.571. The topological polar surface area (TPSA) is 6.48 Å². The van der Waals surface area contributed by atoms with Gasteiger partial charge in [0.1, 0.15) is 0 Å². The number of hydrogen-bond donors (Lipinski definition) is 0. The van der Waals surface area contributed by atoms with E-state index in [4.69, 9.17) is 11.6 Å². The van der Waals surface area contributed by atoms with Crippen LogP contribution in [0.3, 0.4) is 0 Å².